The Bertz CT molecular complexity index is 505. The molecule has 1 aliphatic rings. The van der Waals surface area contributed by atoms with Crippen molar-refractivity contribution in [3.05, 3.63) is 23.8 Å². The average molecular weight is 291 g/mol. The number of aryl methyl sites for hydroxylation is 1. The van der Waals surface area contributed by atoms with E-state index in [2.05, 4.69) is 23.8 Å². The number of piperidine rings is 1. The van der Waals surface area contributed by atoms with E-state index < -0.39 is 5.97 Å². The lowest BCUT2D eigenvalue weighted by atomic mass is 9.92. The van der Waals surface area contributed by atoms with E-state index in [4.69, 9.17) is 4.74 Å². The van der Waals surface area contributed by atoms with Gasteiger partial charge in [0.1, 0.15) is 0 Å². The molecule has 21 heavy (non-hydrogen) atoms. The van der Waals surface area contributed by atoms with Crippen LogP contribution in [0.25, 0.3) is 0 Å². The van der Waals surface area contributed by atoms with E-state index in [1.165, 1.54) is 12.4 Å². The molecule has 0 aromatic carbocycles. The topological polar surface area (TPSA) is 72.4 Å². The van der Waals surface area contributed by atoms with Crippen molar-refractivity contribution >= 4 is 11.9 Å². The molecule has 1 aromatic heterocycles. The zero-order valence-corrected chi connectivity index (χ0v) is 12.7. The third-order valence-corrected chi connectivity index (χ3v) is 3.54. The fourth-order valence-corrected chi connectivity index (χ4v) is 2.66. The minimum atomic E-state index is -0.617. The number of nitrogens with zero attached hydrogens (tertiary/aromatic N) is 3. The molecule has 114 valence electrons. The SMILES string of the molecule is Cc1cnc(C(=O)OCC(=O)N2CC(C)CC(C)C2)cn1. The van der Waals surface area contributed by atoms with Gasteiger partial charge in [-0.05, 0) is 25.2 Å². The van der Waals surface area contributed by atoms with Gasteiger partial charge in [0, 0.05) is 19.3 Å². The van der Waals surface area contributed by atoms with E-state index in [0.717, 1.165) is 25.2 Å². The van der Waals surface area contributed by atoms with Gasteiger partial charge in [-0.15, -0.1) is 0 Å². The third-order valence-electron chi connectivity index (χ3n) is 3.54. The summed E-state index contributed by atoms with van der Waals surface area (Å²) in [4.78, 5) is 33.5. The van der Waals surface area contributed by atoms with E-state index in [9.17, 15) is 9.59 Å². The van der Waals surface area contributed by atoms with Gasteiger partial charge in [0.2, 0.25) is 0 Å². The molecule has 0 N–H and O–H groups in total. The Morgan fingerprint density at radius 2 is 1.90 bits per heavy atom. The first kappa shape index (κ1) is 15.4. The maximum absolute atomic E-state index is 12.1. The molecule has 2 rings (SSSR count). The Kier molecular flexibility index (Phi) is 4.88. The number of carbonyl (C=O) groups is 2. The molecule has 1 saturated heterocycles. The molecular formula is C15H21N3O3. The van der Waals surface area contributed by atoms with Crippen molar-refractivity contribution in [1.29, 1.82) is 0 Å². The maximum Gasteiger partial charge on any atom is 0.359 e. The van der Waals surface area contributed by atoms with Gasteiger partial charge in [-0.25, -0.2) is 9.78 Å². The quantitative estimate of drug-likeness (QED) is 0.788. The van der Waals surface area contributed by atoms with E-state index in [1.54, 1.807) is 11.8 Å². The van der Waals surface area contributed by atoms with Crippen LogP contribution in [0.15, 0.2) is 12.4 Å². The van der Waals surface area contributed by atoms with Gasteiger partial charge in [-0.3, -0.25) is 9.78 Å². The highest BCUT2D eigenvalue weighted by Gasteiger charge is 2.26. The van der Waals surface area contributed by atoms with Crippen LogP contribution in [0.5, 0.6) is 0 Å². The summed E-state index contributed by atoms with van der Waals surface area (Å²) in [7, 11) is 0. The normalized spacial score (nSPS) is 22.0. The number of rotatable bonds is 3. The molecule has 2 heterocycles. The van der Waals surface area contributed by atoms with Crippen LogP contribution < -0.4 is 0 Å². The van der Waals surface area contributed by atoms with E-state index in [1.807, 2.05) is 0 Å². The lowest BCUT2D eigenvalue weighted by Crippen LogP contribution is -2.44. The largest absolute Gasteiger partial charge is 0.451 e. The Balaban J connectivity index is 1.86. The number of carbonyl (C=O) groups excluding carboxylic acids is 2. The molecule has 2 atom stereocenters. The van der Waals surface area contributed by atoms with Gasteiger partial charge >= 0.3 is 5.97 Å². The molecule has 2 unspecified atom stereocenters. The van der Waals surface area contributed by atoms with Crippen molar-refractivity contribution in [3.63, 3.8) is 0 Å². The number of ether oxygens (including phenoxy) is 1. The number of esters is 1. The molecule has 0 saturated carbocycles. The molecular weight excluding hydrogens is 270 g/mol. The van der Waals surface area contributed by atoms with Crippen molar-refractivity contribution in [3.8, 4) is 0 Å². The summed E-state index contributed by atoms with van der Waals surface area (Å²) < 4.78 is 5.02. The van der Waals surface area contributed by atoms with Crippen LogP contribution in [0.2, 0.25) is 0 Å². The minimum Gasteiger partial charge on any atom is -0.451 e. The van der Waals surface area contributed by atoms with E-state index in [-0.39, 0.29) is 18.2 Å². The molecule has 1 fully saturated rings. The molecule has 0 radical (unpaired) electrons. The predicted molar refractivity (Wildman–Crippen MR) is 76.6 cm³/mol. The number of aromatic nitrogens is 2. The van der Waals surface area contributed by atoms with Crippen molar-refractivity contribution < 1.29 is 14.3 Å². The van der Waals surface area contributed by atoms with Gasteiger partial charge in [-0.1, -0.05) is 13.8 Å². The lowest BCUT2D eigenvalue weighted by Gasteiger charge is -2.34. The number of hydrogen-bond donors (Lipinski definition) is 0. The van der Waals surface area contributed by atoms with Crippen molar-refractivity contribution in [2.24, 2.45) is 11.8 Å². The molecule has 0 spiro atoms. The first-order valence-electron chi connectivity index (χ1n) is 7.19. The maximum atomic E-state index is 12.1. The summed E-state index contributed by atoms with van der Waals surface area (Å²) in [6.45, 7) is 7.25. The van der Waals surface area contributed by atoms with Crippen LogP contribution in [0.4, 0.5) is 0 Å². The van der Waals surface area contributed by atoms with Crippen molar-refractivity contribution in [1.82, 2.24) is 14.9 Å². The average Bonchev–Trinajstić information content (AvgIpc) is 2.44. The Morgan fingerprint density at radius 1 is 1.24 bits per heavy atom. The summed E-state index contributed by atoms with van der Waals surface area (Å²) in [5.74, 6) is 0.198. The van der Waals surface area contributed by atoms with Crippen LogP contribution in [-0.2, 0) is 9.53 Å². The third kappa shape index (κ3) is 4.24. The zero-order valence-electron chi connectivity index (χ0n) is 12.7. The zero-order chi connectivity index (χ0) is 15.4. The summed E-state index contributed by atoms with van der Waals surface area (Å²) in [6, 6.07) is 0. The fraction of sp³-hybridized carbons (Fsp3) is 0.600. The monoisotopic (exact) mass is 291 g/mol. The molecule has 1 aliphatic heterocycles. The lowest BCUT2D eigenvalue weighted by molar-refractivity contribution is -0.137. The minimum absolute atomic E-state index is 0.119. The first-order chi connectivity index (χ1) is 9.95. The van der Waals surface area contributed by atoms with Crippen LogP contribution >= 0.6 is 0 Å². The van der Waals surface area contributed by atoms with Crippen LogP contribution in [0.1, 0.15) is 36.5 Å². The highest BCUT2D eigenvalue weighted by Crippen LogP contribution is 2.20. The Labute approximate surface area is 124 Å². The second-order valence-electron chi connectivity index (χ2n) is 5.86. The van der Waals surface area contributed by atoms with Gasteiger partial charge < -0.3 is 9.64 Å². The molecule has 1 aromatic rings. The van der Waals surface area contributed by atoms with Gasteiger partial charge in [0.25, 0.3) is 5.91 Å². The van der Waals surface area contributed by atoms with E-state index >= 15 is 0 Å². The smallest absolute Gasteiger partial charge is 0.359 e. The van der Waals surface area contributed by atoms with Gasteiger partial charge in [0.15, 0.2) is 12.3 Å². The van der Waals surface area contributed by atoms with Crippen LogP contribution in [0, 0.1) is 18.8 Å². The molecule has 6 heteroatoms. The van der Waals surface area contributed by atoms with Crippen LogP contribution in [0.3, 0.4) is 0 Å². The van der Waals surface area contributed by atoms with Gasteiger partial charge in [-0.2, -0.15) is 0 Å². The summed E-state index contributed by atoms with van der Waals surface area (Å²) in [6.07, 6.45) is 3.97. The highest BCUT2D eigenvalue weighted by atomic mass is 16.5. The molecule has 0 aliphatic carbocycles. The summed E-state index contributed by atoms with van der Waals surface area (Å²) in [5, 5.41) is 0. The summed E-state index contributed by atoms with van der Waals surface area (Å²) >= 11 is 0. The second kappa shape index (κ2) is 6.65. The summed E-state index contributed by atoms with van der Waals surface area (Å²) in [5.41, 5.74) is 0.840. The molecule has 1 amide bonds. The van der Waals surface area contributed by atoms with Crippen molar-refractivity contribution in [2.45, 2.75) is 27.2 Å². The molecule has 6 nitrogen and oxygen atoms in total. The Hall–Kier alpha value is -1.98. The molecule has 0 bridgehead atoms. The number of likely N-dealkylation sites (tertiary alicyclic amines) is 1. The van der Waals surface area contributed by atoms with Crippen molar-refractivity contribution in [2.75, 3.05) is 19.7 Å². The standard InChI is InChI=1S/C15H21N3O3/c1-10-4-11(2)8-18(7-10)14(19)9-21-15(20)13-6-16-12(3)5-17-13/h5-6,10-11H,4,7-9H2,1-3H3. The second-order valence-corrected chi connectivity index (χ2v) is 5.86. The van der Waals surface area contributed by atoms with E-state index in [0.29, 0.717) is 11.8 Å². The van der Waals surface area contributed by atoms with Crippen LogP contribution in [-0.4, -0.2) is 46.4 Å². The van der Waals surface area contributed by atoms with Gasteiger partial charge in [0.05, 0.1) is 11.9 Å². The first-order valence-corrected chi connectivity index (χ1v) is 7.19. The number of hydrogen-bond acceptors (Lipinski definition) is 5. The highest BCUT2D eigenvalue weighted by molar-refractivity contribution is 5.89. The Morgan fingerprint density at radius 3 is 2.48 bits per heavy atom. The number of amides is 1. The fourth-order valence-electron chi connectivity index (χ4n) is 2.66. The predicted octanol–water partition coefficient (Wildman–Crippen LogP) is 1.45.